The molecular weight excluding hydrogens is 284 g/mol. The number of halogens is 1. The molecule has 1 aromatic carbocycles. The minimum Gasteiger partial charge on any atom is -0.466 e. The molecule has 0 amide bonds. The molecule has 3 nitrogen and oxygen atoms in total. The maximum Gasteiger partial charge on any atom is 0.313 e. The lowest BCUT2D eigenvalue weighted by molar-refractivity contribution is -0.144. The number of carbonyl (C=O) groups excluding carboxylic acids is 1. The molecule has 0 aliphatic carbocycles. The van der Waals surface area contributed by atoms with E-state index < -0.39 is 0 Å². The molecule has 0 aliphatic rings. The molecule has 2 aromatic rings. The third kappa shape index (κ3) is 2.36. The van der Waals surface area contributed by atoms with E-state index in [-0.39, 0.29) is 11.9 Å². The van der Waals surface area contributed by atoms with Gasteiger partial charge < -0.3 is 9.15 Å². The minimum absolute atomic E-state index is 0.227. The van der Waals surface area contributed by atoms with E-state index >= 15 is 0 Å². The molecule has 0 spiro atoms. The summed E-state index contributed by atoms with van der Waals surface area (Å²) in [6.45, 7) is 4.01. The van der Waals surface area contributed by atoms with Crippen molar-refractivity contribution in [3.8, 4) is 0 Å². The number of furan rings is 1. The Hall–Kier alpha value is -1.29. The first kappa shape index (κ1) is 12.2. The fourth-order valence-electron chi connectivity index (χ4n) is 1.75. The van der Waals surface area contributed by atoms with E-state index in [0.29, 0.717) is 6.61 Å². The topological polar surface area (TPSA) is 39.4 Å². The van der Waals surface area contributed by atoms with Crippen LogP contribution in [0.4, 0.5) is 0 Å². The van der Waals surface area contributed by atoms with E-state index in [1.165, 1.54) is 0 Å². The van der Waals surface area contributed by atoms with Crippen molar-refractivity contribution in [2.24, 2.45) is 0 Å². The predicted octanol–water partition coefficient (Wildman–Crippen LogP) is 3.86. The van der Waals surface area contributed by atoms with Gasteiger partial charge in [0.25, 0.3) is 0 Å². The van der Waals surface area contributed by atoms with Gasteiger partial charge in [-0.15, -0.1) is 0 Å². The number of hydrogen-bond acceptors (Lipinski definition) is 3. The Kier molecular flexibility index (Phi) is 3.52. The summed E-state index contributed by atoms with van der Waals surface area (Å²) in [5.41, 5.74) is 1.64. The quantitative estimate of drug-likeness (QED) is 0.807. The molecule has 0 fully saturated rings. The molecule has 1 unspecified atom stereocenters. The Balaban J connectivity index is 2.41. The molecule has 1 aromatic heterocycles. The Morgan fingerprint density at radius 1 is 1.53 bits per heavy atom. The van der Waals surface area contributed by atoms with Crippen molar-refractivity contribution in [1.82, 2.24) is 0 Å². The van der Waals surface area contributed by atoms with E-state index in [0.717, 1.165) is 21.0 Å². The van der Waals surface area contributed by atoms with Gasteiger partial charge in [0, 0.05) is 15.4 Å². The molecule has 4 heteroatoms. The van der Waals surface area contributed by atoms with Crippen LogP contribution in [-0.4, -0.2) is 12.6 Å². The van der Waals surface area contributed by atoms with Gasteiger partial charge in [0.15, 0.2) is 0 Å². The number of esters is 1. The third-order valence-electron chi connectivity index (χ3n) is 2.67. The largest absolute Gasteiger partial charge is 0.466 e. The fraction of sp³-hybridized carbons (Fsp3) is 0.308. The summed E-state index contributed by atoms with van der Waals surface area (Å²) < 4.78 is 11.4. The smallest absolute Gasteiger partial charge is 0.313 e. The lowest BCUT2D eigenvalue weighted by Crippen LogP contribution is -2.12. The number of ether oxygens (including phenoxy) is 1. The van der Waals surface area contributed by atoms with Crippen molar-refractivity contribution in [2.45, 2.75) is 19.8 Å². The highest BCUT2D eigenvalue weighted by atomic mass is 79.9. The Morgan fingerprint density at radius 3 is 3.00 bits per heavy atom. The van der Waals surface area contributed by atoms with E-state index in [4.69, 9.17) is 9.15 Å². The highest BCUT2D eigenvalue weighted by molar-refractivity contribution is 9.10. The maximum atomic E-state index is 11.7. The zero-order valence-corrected chi connectivity index (χ0v) is 11.3. The van der Waals surface area contributed by atoms with Gasteiger partial charge in [0.1, 0.15) is 5.58 Å². The van der Waals surface area contributed by atoms with Gasteiger partial charge >= 0.3 is 5.97 Å². The first-order chi connectivity index (χ1) is 8.13. The Labute approximate surface area is 108 Å². The van der Waals surface area contributed by atoms with Crippen molar-refractivity contribution in [3.05, 3.63) is 34.5 Å². The minimum atomic E-state index is -0.314. The van der Waals surface area contributed by atoms with E-state index in [2.05, 4.69) is 15.9 Å². The third-order valence-corrected chi connectivity index (χ3v) is 3.17. The average Bonchev–Trinajstić information content (AvgIpc) is 2.71. The van der Waals surface area contributed by atoms with Gasteiger partial charge in [-0.1, -0.05) is 15.9 Å². The number of fused-ring (bicyclic) bond motifs is 1. The number of carbonyl (C=O) groups is 1. The van der Waals surface area contributed by atoms with Crippen LogP contribution >= 0.6 is 15.9 Å². The van der Waals surface area contributed by atoms with Gasteiger partial charge in [-0.05, 0) is 32.0 Å². The summed E-state index contributed by atoms with van der Waals surface area (Å²) in [6, 6.07) is 5.73. The summed E-state index contributed by atoms with van der Waals surface area (Å²) in [5.74, 6) is -0.541. The standard InChI is InChI=1S/C13H13BrO3/c1-3-16-13(15)8(2)11-7-17-12-5-4-9(14)6-10(11)12/h4-8H,3H2,1-2H3. The maximum absolute atomic E-state index is 11.7. The molecule has 1 atom stereocenters. The van der Waals surface area contributed by atoms with Crippen LogP contribution < -0.4 is 0 Å². The highest BCUT2D eigenvalue weighted by Crippen LogP contribution is 2.30. The van der Waals surface area contributed by atoms with Crippen LogP contribution in [0.3, 0.4) is 0 Å². The van der Waals surface area contributed by atoms with Crippen LogP contribution in [0.1, 0.15) is 25.3 Å². The van der Waals surface area contributed by atoms with Crippen molar-refractivity contribution in [2.75, 3.05) is 6.61 Å². The second-order valence-electron chi connectivity index (χ2n) is 3.81. The van der Waals surface area contributed by atoms with Gasteiger partial charge in [0.05, 0.1) is 18.8 Å². The lowest BCUT2D eigenvalue weighted by Gasteiger charge is -2.08. The second kappa shape index (κ2) is 4.92. The summed E-state index contributed by atoms with van der Waals surface area (Å²) in [7, 11) is 0. The number of hydrogen-bond donors (Lipinski definition) is 0. The molecule has 0 bridgehead atoms. The first-order valence-electron chi connectivity index (χ1n) is 5.46. The highest BCUT2D eigenvalue weighted by Gasteiger charge is 2.20. The van der Waals surface area contributed by atoms with Gasteiger partial charge in [0.2, 0.25) is 0 Å². The Morgan fingerprint density at radius 2 is 2.29 bits per heavy atom. The van der Waals surface area contributed by atoms with Crippen molar-refractivity contribution >= 4 is 32.9 Å². The first-order valence-corrected chi connectivity index (χ1v) is 6.26. The van der Waals surface area contributed by atoms with Gasteiger partial charge in [-0.3, -0.25) is 4.79 Å². The monoisotopic (exact) mass is 296 g/mol. The van der Waals surface area contributed by atoms with Gasteiger partial charge in [-0.25, -0.2) is 0 Å². The summed E-state index contributed by atoms with van der Waals surface area (Å²) >= 11 is 3.41. The van der Waals surface area contributed by atoms with E-state index in [1.54, 1.807) is 13.2 Å². The van der Waals surface area contributed by atoms with Crippen LogP contribution in [0.15, 0.2) is 33.4 Å². The zero-order valence-electron chi connectivity index (χ0n) is 9.70. The molecule has 0 saturated heterocycles. The zero-order chi connectivity index (χ0) is 12.4. The number of rotatable bonds is 3. The summed E-state index contributed by atoms with van der Waals surface area (Å²) in [5, 5.41) is 0.944. The predicted molar refractivity (Wildman–Crippen MR) is 69.0 cm³/mol. The normalized spacial score (nSPS) is 12.6. The van der Waals surface area contributed by atoms with E-state index in [1.807, 2.05) is 25.1 Å². The van der Waals surface area contributed by atoms with Crippen LogP contribution in [0, 0.1) is 0 Å². The fourth-order valence-corrected chi connectivity index (χ4v) is 2.11. The summed E-state index contributed by atoms with van der Waals surface area (Å²) in [6.07, 6.45) is 1.62. The number of benzene rings is 1. The van der Waals surface area contributed by atoms with Gasteiger partial charge in [-0.2, -0.15) is 0 Å². The molecule has 0 saturated carbocycles. The van der Waals surface area contributed by atoms with Crippen LogP contribution in [0.2, 0.25) is 0 Å². The average molecular weight is 297 g/mol. The Bertz CT molecular complexity index is 545. The molecule has 90 valence electrons. The molecule has 17 heavy (non-hydrogen) atoms. The van der Waals surface area contributed by atoms with Crippen molar-refractivity contribution < 1.29 is 13.9 Å². The lowest BCUT2D eigenvalue weighted by atomic mass is 10.0. The van der Waals surface area contributed by atoms with Crippen LogP contribution in [0.5, 0.6) is 0 Å². The SMILES string of the molecule is CCOC(=O)C(C)c1coc2ccc(Br)cc12. The molecule has 0 radical (unpaired) electrons. The molecule has 1 heterocycles. The van der Waals surface area contributed by atoms with Crippen LogP contribution in [0.25, 0.3) is 11.0 Å². The van der Waals surface area contributed by atoms with E-state index in [9.17, 15) is 4.79 Å². The molecule has 0 aliphatic heterocycles. The molecule has 0 N–H and O–H groups in total. The van der Waals surface area contributed by atoms with Crippen LogP contribution in [-0.2, 0) is 9.53 Å². The molecule has 2 rings (SSSR count). The second-order valence-corrected chi connectivity index (χ2v) is 4.72. The van der Waals surface area contributed by atoms with Crippen molar-refractivity contribution in [1.29, 1.82) is 0 Å². The molecular formula is C13H13BrO3. The summed E-state index contributed by atoms with van der Waals surface area (Å²) in [4.78, 5) is 11.7. The van der Waals surface area contributed by atoms with Crippen molar-refractivity contribution in [3.63, 3.8) is 0 Å².